The average molecular weight is 374 g/mol. The molecular formula is C16H18N6OS2. The fraction of sp³-hybridized carbons (Fsp3) is 0.250. The highest BCUT2D eigenvalue weighted by molar-refractivity contribution is 8.01. The maximum absolute atomic E-state index is 12.5. The molecule has 0 aliphatic rings. The van der Waals surface area contributed by atoms with Crippen molar-refractivity contribution in [3.63, 3.8) is 0 Å². The van der Waals surface area contributed by atoms with E-state index < -0.39 is 0 Å². The van der Waals surface area contributed by atoms with Crippen LogP contribution >= 0.6 is 23.1 Å². The van der Waals surface area contributed by atoms with Crippen LogP contribution in [-0.2, 0) is 11.8 Å². The van der Waals surface area contributed by atoms with E-state index in [-0.39, 0.29) is 17.7 Å². The molecule has 0 saturated heterocycles. The summed E-state index contributed by atoms with van der Waals surface area (Å²) in [7, 11) is 3.71. The number of benzene rings is 1. The molecule has 9 heteroatoms. The lowest BCUT2D eigenvalue weighted by Gasteiger charge is -2.19. The molecule has 0 radical (unpaired) electrons. The first-order chi connectivity index (χ1) is 12.2. The molecule has 3 rings (SSSR count). The van der Waals surface area contributed by atoms with E-state index in [9.17, 15) is 4.79 Å². The highest BCUT2D eigenvalue weighted by Gasteiger charge is 2.20. The summed E-state index contributed by atoms with van der Waals surface area (Å²) < 4.78 is 2.67. The highest BCUT2D eigenvalue weighted by atomic mass is 32.2. The number of aromatic nitrogens is 4. The van der Waals surface area contributed by atoms with E-state index in [1.165, 1.54) is 23.1 Å². The number of thioether (sulfide) groups is 1. The molecule has 1 aromatic carbocycles. The van der Waals surface area contributed by atoms with E-state index >= 15 is 0 Å². The number of anilines is 1. The van der Waals surface area contributed by atoms with E-state index in [1.54, 1.807) is 13.2 Å². The average Bonchev–Trinajstić information content (AvgIpc) is 3.27. The van der Waals surface area contributed by atoms with Gasteiger partial charge < -0.3 is 15.2 Å². The zero-order valence-corrected chi connectivity index (χ0v) is 15.5. The minimum atomic E-state index is -0.295. The van der Waals surface area contributed by atoms with E-state index in [0.29, 0.717) is 0 Å². The molecule has 0 saturated carbocycles. The number of nitrogens with one attached hydrogen (secondary N) is 2. The molecule has 7 nitrogen and oxygen atoms in total. The first-order valence-corrected chi connectivity index (χ1v) is 9.43. The van der Waals surface area contributed by atoms with Crippen LogP contribution in [0.5, 0.6) is 0 Å². The number of imidazole rings is 1. The Morgan fingerprint density at radius 2 is 2.12 bits per heavy atom. The summed E-state index contributed by atoms with van der Waals surface area (Å²) >= 11 is 2.79. The number of carbonyl (C=O) groups is 1. The molecule has 0 bridgehead atoms. The van der Waals surface area contributed by atoms with Gasteiger partial charge in [0.15, 0.2) is 4.34 Å². The number of aryl methyl sites for hydroxylation is 1. The predicted molar refractivity (Wildman–Crippen MR) is 99.8 cm³/mol. The van der Waals surface area contributed by atoms with Crippen molar-refractivity contribution in [2.45, 2.75) is 10.4 Å². The second kappa shape index (κ2) is 8.13. The number of hydrogen-bond acceptors (Lipinski definition) is 7. The largest absolute Gasteiger partial charge is 0.363 e. The minimum absolute atomic E-state index is 0.0805. The van der Waals surface area contributed by atoms with Crippen molar-refractivity contribution >= 4 is 34.1 Å². The Bertz CT molecular complexity index is 832. The molecule has 0 aliphatic carbocycles. The SMILES string of the molecule is CNc1nnc(SCC(=O)N[C@H](c2ccccc2)c2nccn2C)s1. The van der Waals surface area contributed by atoms with Crippen molar-refractivity contribution in [1.82, 2.24) is 25.1 Å². The lowest BCUT2D eigenvalue weighted by molar-refractivity contribution is -0.119. The summed E-state index contributed by atoms with van der Waals surface area (Å²) in [5.41, 5.74) is 0.989. The summed E-state index contributed by atoms with van der Waals surface area (Å²) in [4.78, 5) is 16.8. The van der Waals surface area contributed by atoms with E-state index in [2.05, 4.69) is 25.8 Å². The lowest BCUT2D eigenvalue weighted by atomic mass is 10.1. The highest BCUT2D eigenvalue weighted by Crippen LogP contribution is 2.25. The summed E-state index contributed by atoms with van der Waals surface area (Å²) in [6.07, 6.45) is 3.60. The second-order valence-corrected chi connectivity index (χ2v) is 7.42. The predicted octanol–water partition coefficient (Wildman–Crippen LogP) is 2.31. The zero-order chi connectivity index (χ0) is 17.6. The lowest BCUT2D eigenvalue weighted by Crippen LogP contribution is -2.32. The molecule has 2 N–H and O–H groups in total. The van der Waals surface area contributed by atoms with Gasteiger partial charge in [0.25, 0.3) is 0 Å². The van der Waals surface area contributed by atoms with Crippen molar-refractivity contribution in [2.24, 2.45) is 7.05 Å². The van der Waals surface area contributed by atoms with Crippen LogP contribution in [0, 0.1) is 0 Å². The van der Waals surface area contributed by atoms with Gasteiger partial charge in [-0.3, -0.25) is 4.79 Å². The van der Waals surface area contributed by atoms with Gasteiger partial charge in [0.1, 0.15) is 11.9 Å². The van der Waals surface area contributed by atoms with Gasteiger partial charge in [0.05, 0.1) is 5.75 Å². The Hall–Kier alpha value is -2.39. The van der Waals surface area contributed by atoms with Crippen LogP contribution in [-0.4, -0.2) is 38.5 Å². The van der Waals surface area contributed by atoms with Gasteiger partial charge >= 0.3 is 0 Å². The third kappa shape index (κ3) is 4.37. The van der Waals surface area contributed by atoms with Crippen molar-refractivity contribution in [3.8, 4) is 0 Å². The van der Waals surface area contributed by atoms with Gasteiger partial charge in [-0.2, -0.15) is 0 Å². The van der Waals surface area contributed by atoms with Crippen LogP contribution in [0.25, 0.3) is 0 Å². The van der Waals surface area contributed by atoms with E-state index in [0.717, 1.165) is 20.9 Å². The minimum Gasteiger partial charge on any atom is -0.363 e. The topological polar surface area (TPSA) is 84.7 Å². The Kier molecular flexibility index (Phi) is 5.67. The number of carbonyl (C=O) groups excluding carboxylic acids is 1. The smallest absolute Gasteiger partial charge is 0.231 e. The fourth-order valence-electron chi connectivity index (χ4n) is 2.30. The molecule has 2 heterocycles. The standard InChI is InChI=1S/C16H18N6OS2/c1-17-15-20-21-16(25-15)24-10-12(23)19-13(11-6-4-3-5-7-11)14-18-8-9-22(14)2/h3-9,13H,10H2,1-2H3,(H,17,20)(H,19,23)/t13-/m1/s1. The second-order valence-electron chi connectivity index (χ2n) is 5.22. The number of hydrogen-bond donors (Lipinski definition) is 2. The van der Waals surface area contributed by atoms with Gasteiger partial charge in [-0.1, -0.05) is 53.4 Å². The van der Waals surface area contributed by atoms with Gasteiger partial charge in [-0.05, 0) is 5.56 Å². The van der Waals surface area contributed by atoms with Gasteiger partial charge in [0.2, 0.25) is 11.0 Å². The molecule has 130 valence electrons. The molecule has 25 heavy (non-hydrogen) atoms. The van der Waals surface area contributed by atoms with Crippen molar-refractivity contribution in [2.75, 3.05) is 18.1 Å². The Morgan fingerprint density at radius 3 is 2.76 bits per heavy atom. The molecule has 2 aromatic heterocycles. The van der Waals surface area contributed by atoms with Crippen LogP contribution in [0.4, 0.5) is 5.13 Å². The maximum atomic E-state index is 12.5. The van der Waals surface area contributed by atoms with Crippen molar-refractivity contribution in [1.29, 1.82) is 0 Å². The summed E-state index contributed by atoms with van der Waals surface area (Å²) in [6, 6.07) is 9.52. The first kappa shape index (κ1) is 17.4. The Morgan fingerprint density at radius 1 is 1.32 bits per heavy atom. The summed E-state index contributed by atoms with van der Waals surface area (Å²) in [5.74, 6) is 0.979. The maximum Gasteiger partial charge on any atom is 0.231 e. The molecule has 3 aromatic rings. The summed E-state index contributed by atoms with van der Waals surface area (Å²) in [6.45, 7) is 0. The molecule has 0 fully saturated rings. The van der Waals surface area contributed by atoms with Crippen molar-refractivity contribution in [3.05, 3.63) is 54.1 Å². The van der Waals surface area contributed by atoms with Crippen LogP contribution in [0.1, 0.15) is 17.4 Å². The summed E-state index contributed by atoms with van der Waals surface area (Å²) in [5, 5.41) is 14.7. The van der Waals surface area contributed by atoms with Crippen LogP contribution in [0.2, 0.25) is 0 Å². The van der Waals surface area contributed by atoms with E-state index in [1.807, 2.05) is 48.1 Å². The number of amides is 1. The quantitative estimate of drug-likeness (QED) is 0.618. The molecule has 0 unspecified atom stereocenters. The van der Waals surface area contributed by atoms with Crippen molar-refractivity contribution < 1.29 is 4.79 Å². The van der Waals surface area contributed by atoms with Crippen LogP contribution in [0.3, 0.4) is 0 Å². The van der Waals surface area contributed by atoms with Crippen LogP contribution in [0.15, 0.2) is 47.1 Å². The Labute approximate surface area is 153 Å². The van der Waals surface area contributed by atoms with Gasteiger partial charge in [-0.25, -0.2) is 4.98 Å². The monoisotopic (exact) mass is 374 g/mol. The molecule has 0 spiro atoms. The fourth-order valence-corrected chi connectivity index (χ4v) is 3.81. The van der Waals surface area contributed by atoms with Crippen LogP contribution < -0.4 is 10.6 Å². The van der Waals surface area contributed by atoms with Gasteiger partial charge in [0, 0.05) is 26.5 Å². The molecular weight excluding hydrogens is 356 g/mol. The number of rotatable bonds is 7. The molecule has 1 atom stereocenters. The molecule has 0 aliphatic heterocycles. The molecule has 1 amide bonds. The van der Waals surface area contributed by atoms with E-state index in [4.69, 9.17) is 0 Å². The normalized spacial score (nSPS) is 11.9. The van der Waals surface area contributed by atoms with Gasteiger partial charge in [-0.15, -0.1) is 10.2 Å². The number of nitrogens with zero attached hydrogens (tertiary/aromatic N) is 4. The third-order valence-corrected chi connectivity index (χ3v) is 5.58. The third-order valence-electron chi connectivity index (χ3n) is 3.50. The Balaban J connectivity index is 1.69. The first-order valence-electron chi connectivity index (χ1n) is 7.63. The zero-order valence-electron chi connectivity index (χ0n) is 13.8.